The normalized spacial score (nSPS) is 11.1. The van der Waals surface area contributed by atoms with Gasteiger partial charge in [-0.05, 0) is 0 Å². The molecule has 0 heterocycles. The van der Waals surface area contributed by atoms with Gasteiger partial charge in [-0.3, -0.25) is 0 Å². The first-order valence-electron chi connectivity index (χ1n) is 8.94. The van der Waals surface area contributed by atoms with E-state index < -0.39 is 18.4 Å². The van der Waals surface area contributed by atoms with Gasteiger partial charge < -0.3 is 0 Å². The first-order chi connectivity index (χ1) is 10.7. The van der Waals surface area contributed by atoms with Crippen molar-refractivity contribution in [3.05, 3.63) is 34.9 Å². The molecule has 1 aromatic carbocycles. The Labute approximate surface area is 146 Å². The average molecular weight is 426 g/mol. The molecule has 0 saturated heterocycles. The minimum atomic E-state index is -2.30. The molecule has 1 aromatic rings. The van der Waals surface area contributed by atoms with E-state index in [2.05, 4.69) is 42.8 Å². The van der Waals surface area contributed by atoms with Gasteiger partial charge in [-0.1, -0.05) is 0 Å². The molecule has 0 aromatic heterocycles. The van der Waals surface area contributed by atoms with E-state index >= 15 is 0 Å². The third kappa shape index (κ3) is 7.42. The molecule has 1 rings (SSSR count). The summed E-state index contributed by atoms with van der Waals surface area (Å²) in [6.45, 7) is 6.93. The summed E-state index contributed by atoms with van der Waals surface area (Å²) in [4.78, 5) is 0. The molecule has 2 heteroatoms. The maximum absolute atomic E-state index is 5.97. The second kappa shape index (κ2) is 11.4. The standard InChI is InChI=1S/C8H4Cl.3C4H9.Sn/c1-2-7-3-5-8(9)6-4-7;3*1-3-4-2;/h3-6H;3*1,3-4H2,2H3;. The summed E-state index contributed by atoms with van der Waals surface area (Å²) in [6.07, 6.45) is 8.04. The van der Waals surface area contributed by atoms with Crippen molar-refractivity contribution in [3.8, 4) is 9.86 Å². The zero-order valence-electron chi connectivity index (χ0n) is 14.6. The van der Waals surface area contributed by atoms with Gasteiger partial charge in [-0.25, -0.2) is 0 Å². The van der Waals surface area contributed by atoms with E-state index in [4.69, 9.17) is 11.6 Å². The molecule has 0 fully saturated rings. The second-order valence-electron chi connectivity index (χ2n) is 6.35. The number of halogens is 1. The molecule has 0 N–H and O–H groups in total. The molecule has 0 aliphatic heterocycles. The Morgan fingerprint density at radius 3 is 1.68 bits per heavy atom. The molecule has 0 amide bonds. The zero-order valence-corrected chi connectivity index (χ0v) is 18.2. The fourth-order valence-corrected chi connectivity index (χ4v) is 16.2. The van der Waals surface area contributed by atoms with Crippen LogP contribution in [0, 0.1) is 9.86 Å². The van der Waals surface area contributed by atoms with Crippen molar-refractivity contribution in [2.45, 2.75) is 72.6 Å². The summed E-state index contributed by atoms with van der Waals surface area (Å²) < 4.78 is 8.24. The van der Waals surface area contributed by atoms with E-state index in [0.717, 1.165) is 10.6 Å². The molecule has 0 aliphatic carbocycles. The summed E-state index contributed by atoms with van der Waals surface area (Å²) >= 11 is 3.67. The molecular weight excluding hydrogens is 394 g/mol. The molecule has 0 radical (unpaired) electrons. The molecule has 0 bridgehead atoms. The predicted octanol–water partition coefficient (Wildman–Crippen LogP) is 7.08. The van der Waals surface area contributed by atoms with Crippen molar-refractivity contribution in [1.82, 2.24) is 0 Å². The Bertz CT molecular complexity index is 445. The number of rotatable bonds is 9. The van der Waals surface area contributed by atoms with E-state index in [1.807, 2.05) is 12.1 Å². The van der Waals surface area contributed by atoms with Gasteiger partial charge in [0.1, 0.15) is 0 Å². The maximum atomic E-state index is 5.97. The van der Waals surface area contributed by atoms with Crippen LogP contribution >= 0.6 is 11.6 Å². The number of benzene rings is 1. The van der Waals surface area contributed by atoms with Crippen molar-refractivity contribution in [2.75, 3.05) is 0 Å². The monoisotopic (exact) mass is 426 g/mol. The van der Waals surface area contributed by atoms with Crippen LogP contribution in [0.2, 0.25) is 18.3 Å². The number of hydrogen-bond acceptors (Lipinski definition) is 0. The predicted molar refractivity (Wildman–Crippen MR) is 103 cm³/mol. The van der Waals surface area contributed by atoms with E-state index in [0.29, 0.717) is 0 Å². The van der Waals surface area contributed by atoms with E-state index in [-0.39, 0.29) is 0 Å². The fraction of sp³-hybridized carbons (Fsp3) is 0.600. The van der Waals surface area contributed by atoms with Crippen LogP contribution in [0.15, 0.2) is 24.3 Å². The molecule has 122 valence electrons. The van der Waals surface area contributed by atoms with Gasteiger partial charge >= 0.3 is 147 Å². The summed E-state index contributed by atoms with van der Waals surface area (Å²) in [5.74, 6) is 3.52. The van der Waals surface area contributed by atoms with Gasteiger partial charge in [0.05, 0.1) is 0 Å². The van der Waals surface area contributed by atoms with Gasteiger partial charge in [-0.15, -0.1) is 0 Å². The Balaban J connectivity index is 2.96. The van der Waals surface area contributed by atoms with Gasteiger partial charge in [-0.2, -0.15) is 0 Å². The second-order valence-corrected chi connectivity index (χ2v) is 19.1. The van der Waals surface area contributed by atoms with Crippen molar-refractivity contribution in [1.29, 1.82) is 0 Å². The van der Waals surface area contributed by atoms with Crippen LogP contribution in [0.5, 0.6) is 0 Å². The summed E-state index contributed by atoms with van der Waals surface area (Å²) in [6, 6.07) is 8.02. The Kier molecular flexibility index (Phi) is 10.3. The van der Waals surface area contributed by atoms with Crippen LogP contribution in [-0.2, 0) is 0 Å². The van der Waals surface area contributed by atoms with Gasteiger partial charge in [0.2, 0.25) is 0 Å². The van der Waals surface area contributed by atoms with Crippen LogP contribution in [-0.4, -0.2) is 18.4 Å². The Hall–Kier alpha value is -0.131. The summed E-state index contributed by atoms with van der Waals surface area (Å²) in [7, 11) is 0. The fourth-order valence-electron chi connectivity index (χ4n) is 2.85. The van der Waals surface area contributed by atoms with Crippen molar-refractivity contribution >= 4 is 30.0 Å². The van der Waals surface area contributed by atoms with Crippen LogP contribution in [0.1, 0.15) is 64.9 Å². The van der Waals surface area contributed by atoms with Crippen LogP contribution < -0.4 is 0 Å². The molecule has 0 saturated carbocycles. The molecule has 0 nitrogen and oxygen atoms in total. The molecule has 0 spiro atoms. The summed E-state index contributed by atoms with van der Waals surface area (Å²) in [5, 5.41) is 0.795. The third-order valence-corrected chi connectivity index (χ3v) is 17.7. The molecule has 0 atom stereocenters. The summed E-state index contributed by atoms with van der Waals surface area (Å²) in [5.41, 5.74) is 1.13. The SMILES string of the molecule is CCC[CH2][Sn]([C]#Cc1ccc(Cl)cc1)([CH2]CCC)[CH2]CCC. The Morgan fingerprint density at radius 1 is 0.818 bits per heavy atom. The zero-order chi connectivity index (χ0) is 16.3. The van der Waals surface area contributed by atoms with E-state index in [1.54, 1.807) is 0 Å². The number of unbranched alkanes of at least 4 members (excludes halogenated alkanes) is 3. The first-order valence-corrected chi connectivity index (χ1v) is 16.8. The van der Waals surface area contributed by atoms with Crippen molar-refractivity contribution in [3.63, 3.8) is 0 Å². The van der Waals surface area contributed by atoms with Crippen molar-refractivity contribution in [2.24, 2.45) is 0 Å². The molecular formula is C20H31ClSn. The molecule has 0 unspecified atom stereocenters. The van der Waals surface area contributed by atoms with Gasteiger partial charge in [0.15, 0.2) is 0 Å². The molecule has 0 aliphatic rings. The van der Waals surface area contributed by atoms with Crippen LogP contribution in [0.4, 0.5) is 0 Å². The average Bonchev–Trinajstić information content (AvgIpc) is 2.55. The van der Waals surface area contributed by atoms with Crippen LogP contribution in [0.25, 0.3) is 0 Å². The van der Waals surface area contributed by atoms with Crippen LogP contribution in [0.3, 0.4) is 0 Å². The van der Waals surface area contributed by atoms with E-state index in [1.165, 1.54) is 51.8 Å². The minimum absolute atomic E-state index is 0.795. The number of hydrogen-bond donors (Lipinski definition) is 0. The van der Waals surface area contributed by atoms with Gasteiger partial charge in [0, 0.05) is 0 Å². The Morgan fingerprint density at radius 2 is 1.27 bits per heavy atom. The van der Waals surface area contributed by atoms with E-state index in [9.17, 15) is 0 Å². The quantitative estimate of drug-likeness (QED) is 0.293. The van der Waals surface area contributed by atoms with Gasteiger partial charge in [0.25, 0.3) is 0 Å². The topological polar surface area (TPSA) is 0 Å². The molecule has 22 heavy (non-hydrogen) atoms. The first kappa shape index (κ1) is 19.9. The van der Waals surface area contributed by atoms with Crippen molar-refractivity contribution < 1.29 is 0 Å². The third-order valence-electron chi connectivity index (χ3n) is 4.34.